The van der Waals surface area contributed by atoms with Crippen LogP contribution in [-0.2, 0) is 9.53 Å². The Balaban J connectivity index is 1.58. The number of ether oxygens (including phenoxy) is 1. The third-order valence-corrected chi connectivity index (χ3v) is 8.16. The van der Waals surface area contributed by atoms with Crippen LogP contribution in [0.1, 0.15) is 63.6 Å². The van der Waals surface area contributed by atoms with E-state index in [-0.39, 0.29) is 24.1 Å². The smallest absolute Gasteiger partial charge is 0.410 e. The van der Waals surface area contributed by atoms with Gasteiger partial charge in [-0.05, 0) is 69.9 Å². The van der Waals surface area contributed by atoms with Crippen LogP contribution in [0, 0.1) is 17.6 Å². The maximum absolute atomic E-state index is 14.9. The van der Waals surface area contributed by atoms with Crippen molar-refractivity contribution in [1.82, 2.24) is 14.7 Å². The summed E-state index contributed by atoms with van der Waals surface area (Å²) in [7, 11) is 0. The van der Waals surface area contributed by atoms with Crippen molar-refractivity contribution in [3.63, 3.8) is 0 Å². The Morgan fingerprint density at radius 2 is 1.74 bits per heavy atom. The topological polar surface area (TPSA) is 53.1 Å². The van der Waals surface area contributed by atoms with E-state index in [1.54, 1.807) is 16.7 Å². The van der Waals surface area contributed by atoms with Crippen LogP contribution >= 0.6 is 11.6 Å². The minimum Gasteiger partial charge on any atom is -0.450 e. The Morgan fingerprint density at radius 3 is 2.38 bits per heavy atom. The number of carbonyl (C=O) groups excluding carboxylic acids is 2. The molecular weight excluding hydrogens is 524 g/mol. The van der Waals surface area contributed by atoms with Gasteiger partial charge in [-0.1, -0.05) is 29.8 Å². The van der Waals surface area contributed by atoms with Crippen molar-refractivity contribution in [2.75, 3.05) is 39.3 Å². The summed E-state index contributed by atoms with van der Waals surface area (Å²) >= 11 is 6.09. The van der Waals surface area contributed by atoms with Crippen molar-refractivity contribution < 1.29 is 23.1 Å². The SMILES string of the molecule is CCOC(=O)N1CCN(C(=O)[C@@H]2CN(C(C)(C)C)C[C@H]2c2ccc(F)cc2F)CCC[C@H]1c1ccc(Cl)cc1. The van der Waals surface area contributed by atoms with Crippen molar-refractivity contribution in [2.24, 2.45) is 5.92 Å². The molecule has 3 atom stereocenters. The lowest BCUT2D eigenvalue weighted by molar-refractivity contribution is -0.136. The van der Waals surface area contributed by atoms with E-state index in [1.807, 2.05) is 24.3 Å². The lowest BCUT2D eigenvalue weighted by Gasteiger charge is -2.37. The fraction of sp³-hybridized carbons (Fsp3) is 0.533. The molecule has 0 unspecified atom stereocenters. The van der Waals surface area contributed by atoms with Gasteiger partial charge in [0.25, 0.3) is 0 Å². The molecule has 2 saturated heterocycles. The Hall–Kier alpha value is -2.71. The first-order chi connectivity index (χ1) is 18.5. The van der Waals surface area contributed by atoms with Crippen LogP contribution in [0.25, 0.3) is 0 Å². The van der Waals surface area contributed by atoms with E-state index in [4.69, 9.17) is 16.3 Å². The molecule has 39 heavy (non-hydrogen) atoms. The Morgan fingerprint density at radius 1 is 1.03 bits per heavy atom. The van der Waals surface area contributed by atoms with Gasteiger partial charge < -0.3 is 9.64 Å². The van der Waals surface area contributed by atoms with Crippen LogP contribution in [0.3, 0.4) is 0 Å². The van der Waals surface area contributed by atoms with Crippen LogP contribution in [-0.4, -0.2) is 71.6 Å². The molecule has 0 radical (unpaired) electrons. The highest BCUT2D eigenvalue weighted by Gasteiger charge is 2.44. The Labute approximate surface area is 234 Å². The van der Waals surface area contributed by atoms with E-state index >= 15 is 0 Å². The monoisotopic (exact) mass is 561 g/mol. The van der Waals surface area contributed by atoms with Gasteiger partial charge in [0.1, 0.15) is 11.6 Å². The number of likely N-dealkylation sites (tertiary alicyclic amines) is 1. The highest BCUT2D eigenvalue weighted by Crippen LogP contribution is 2.39. The van der Waals surface area contributed by atoms with E-state index in [0.717, 1.165) is 11.6 Å². The number of halogens is 3. The largest absolute Gasteiger partial charge is 0.450 e. The van der Waals surface area contributed by atoms with Crippen LogP contribution < -0.4 is 0 Å². The first-order valence-electron chi connectivity index (χ1n) is 13.7. The average Bonchev–Trinajstić information content (AvgIpc) is 3.30. The molecule has 2 amide bonds. The van der Waals surface area contributed by atoms with E-state index in [0.29, 0.717) is 56.2 Å². The highest BCUT2D eigenvalue weighted by atomic mass is 35.5. The van der Waals surface area contributed by atoms with Crippen molar-refractivity contribution in [3.8, 4) is 0 Å². The number of nitrogens with zero attached hydrogens (tertiary/aromatic N) is 3. The quantitative estimate of drug-likeness (QED) is 0.442. The van der Waals surface area contributed by atoms with Crippen molar-refractivity contribution in [3.05, 3.63) is 70.2 Å². The first-order valence-corrected chi connectivity index (χ1v) is 14.0. The molecule has 2 heterocycles. The molecular formula is C30H38ClF2N3O3. The number of benzene rings is 2. The summed E-state index contributed by atoms with van der Waals surface area (Å²) in [6.07, 6.45) is 0.914. The lowest BCUT2D eigenvalue weighted by Crippen LogP contribution is -2.48. The molecule has 4 rings (SSSR count). The molecule has 2 fully saturated rings. The number of carbonyl (C=O) groups is 2. The summed E-state index contributed by atoms with van der Waals surface area (Å²) in [5, 5.41) is 0.622. The molecule has 0 bridgehead atoms. The zero-order chi connectivity index (χ0) is 28.3. The molecule has 0 saturated carbocycles. The van der Waals surface area contributed by atoms with Gasteiger partial charge in [0.15, 0.2) is 0 Å². The Bertz CT molecular complexity index is 1170. The summed E-state index contributed by atoms with van der Waals surface area (Å²) in [5.74, 6) is -2.20. The van der Waals surface area contributed by atoms with Gasteiger partial charge in [-0.25, -0.2) is 13.6 Å². The minimum atomic E-state index is -0.636. The second-order valence-corrected chi connectivity index (χ2v) is 11.8. The Kier molecular flexibility index (Phi) is 9.17. The first kappa shape index (κ1) is 29.3. The molecule has 2 aromatic rings. The summed E-state index contributed by atoms with van der Waals surface area (Å²) in [6.45, 7) is 10.4. The summed E-state index contributed by atoms with van der Waals surface area (Å²) in [5.41, 5.74) is 1.12. The normalized spacial score (nSPS) is 22.9. The van der Waals surface area contributed by atoms with E-state index in [2.05, 4.69) is 25.7 Å². The molecule has 6 nitrogen and oxygen atoms in total. The van der Waals surface area contributed by atoms with E-state index in [1.165, 1.54) is 12.1 Å². The van der Waals surface area contributed by atoms with Crippen LogP contribution in [0.4, 0.5) is 13.6 Å². The summed E-state index contributed by atoms with van der Waals surface area (Å²) < 4.78 is 34.0. The zero-order valence-corrected chi connectivity index (χ0v) is 23.9. The number of hydrogen-bond acceptors (Lipinski definition) is 4. The molecule has 2 aliphatic rings. The summed E-state index contributed by atoms with van der Waals surface area (Å²) in [6, 6.07) is 10.9. The van der Waals surface area contributed by atoms with Gasteiger partial charge in [0.05, 0.1) is 18.6 Å². The van der Waals surface area contributed by atoms with Crippen molar-refractivity contribution in [2.45, 2.75) is 58.0 Å². The third-order valence-electron chi connectivity index (χ3n) is 7.91. The van der Waals surface area contributed by atoms with Gasteiger partial charge >= 0.3 is 6.09 Å². The molecule has 0 aliphatic carbocycles. The van der Waals surface area contributed by atoms with E-state index in [9.17, 15) is 18.4 Å². The van der Waals surface area contributed by atoms with Crippen LogP contribution in [0.2, 0.25) is 5.02 Å². The number of hydrogen-bond donors (Lipinski definition) is 0. The van der Waals surface area contributed by atoms with Gasteiger partial charge in [-0.3, -0.25) is 14.6 Å². The number of amides is 2. The van der Waals surface area contributed by atoms with Gasteiger partial charge in [-0.2, -0.15) is 0 Å². The lowest BCUT2D eigenvalue weighted by atomic mass is 9.87. The fourth-order valence-corrected chi connectivity index (χ4v) is 5.88. The predicted octanol–water partition coefficient (Wildman–Crippen LogP) is 6.25. The third kappa shape index (κ3) is 6.72. The van der Waals surface area contributed by atoms with Crippen LogP contribution in [0.5, 0.6) is 0 Å². The molecule has 0 N–H and O–H groups in total. The van der Waals surface area contributed by atoms with Crippen LogP contribution in [0.15, 0.2) is 42.5 Å². The zero-order valence-electron chi connectivity index (χ0n) is 23.1. The van der Waals surface area contributed by atoms with Gasteiger partial charge in [0, 0.05) is 55.3 Å². The fourth-order valence-electron chi connectivity index (χ4n) is 5.76. The van der Waals surface area contributed by atoms with Crippen molar-refractivity contribution in [1.29, 1.82) is 0 Å². The molecule has 2 aromatic carbocycles. The molecule has 0 aromatic heterocycles. The molecule has 9 heteroatoms. The molecule has 0 spiro atoms. The number of rotatable bonds is 4. The van der Waals surface area contributed by atoms with Crippen molar-refractivity contribution >= 4 is 23.6 Å². The average molecular weight is 562 g/mol. The summed E-state index contributed by atoms with van der Waals surface area (Å²) in [4.78, 5) is 32.7. The molecule has 2 aliphatic heterocycles. The predicted molar refractivity (Wildman–Crippen MR) is 148 cm³/mol. The van der Waals surface area contributed by atoms with E-state index < -0.39 is 29.6 Å². The minimum absolute atomic E-state index is 0.0655. The second-order valence-electron chi connectivity index (χ2n) is 11.4. The highest BCUT2D eigenvalue weighted by molar-refractivity contribution is 6.30. The molecule has 212 valence electrons. The maximum Gasteiger partial charge on any atom is 0.410 e. The standard InChI is InChI=1S/C30H38ClF2N3O3/c1-5-39-29(38)36-16-15-34(14-6-7-27(36)20-8-10-21(31)11-9-20)28(37)25-19-35(30(2,3)4)18-24(25)23-13-12-22(32)17-26(23)33/h8-13,17,24-25,27H,5-7,14-16,18-19H2,1-4H3/t24-,25+,27-/m0/s1. The maximum atomic E-state index is 14.9. The second kappa shape index (κ2) is 12.2. The van der Waals surface area contributed by atoms with Gasteiger partial charge in [0.2, 0.25) is 5.91 Å². The van der Waals surface area contributed by atoms with Gasteiger partial charge in [-0.15, -0.1) is 0 Å².